The highest BCUT2D eigenvalue weighted by molar-refractivity contribution is 5.96. The van der Waals surface area contributed by atoms with Gasteiger partial charge in [-0.2, -0.15) is 0 Å². The largest absolute Gasteiger partial charge is 0.508 e. The Morgan fingerprint density at radius 3 is 2.41 bits per heavy atom. The number of hydrogen-bond acceptors (Lipinski definition) is 5. The highest BCUT2D eigenvalue weighted by Crippen LogP contribution is 2.28. The van der Waals surface area contributed by atoms with Crippen LogP contribution in [0.2, 0.25) is 0 Å². The number of nitrogens with zero attached hydrogens (tertiary/aromatic N) is 2. The Hall–Kier alpha value is -2.53. The number of piperazine rings is 1. The molecule has 27 heavy (non-hydrogen) atoms. The van der Waals surface area contributed by atoms with Crippen molar-refractivity contribution in [1.82, 2.24) is 4.90 Å². The lowest BCUT2D eigenvalue weighted by Crippen LogP contribution is -2.46. The number of carbonyl (C=O) groups excluding carboxylic acids is 1. The Morgan fingerprint density at radius 2 is 1.70 bits per heavy atom. The standard InChI is InChI=1S/C22H28N2O3/c1-27-22-8-3-2-6-20(22)24-16-14-23(15-17-24)13-5-4-7-21(26)18-9-11-19(25)12-10-18/h2-3,6,8-12,25H,4-5,7,13-17H2,1H3. The molecular weight excluding hydrogens is 340 g/mol. The molecule has 1 heterocycles. The molecule has 1 N–H and O–H groups in total. The van der Waals surface area contributed by atoms with Gasteiger partial charge in [0, 0.05) is 38.2 Å². The Balaban J connectivity index is 1.37. The van der Waals surface area contributed by atoms with Gasteiger partial charge in [-0.3, -0.25) is 9.69 Å². The van der Waals surface area contributed by atoms with Crippen molar-refractivity contribution in [2.75, 3.05) is 44.7 Å². The molecule has 0 aliphatic carbocycles. The summed E-state index contributed by atoms with van der Waals surface area (Å²) in [5, 5.41) is 9.29. The summed E-state index contributed by atoms with van der Waals surface area (Å²) in [6.45, 7) is 5.08. The van der Waals surface area contributed by atoms with E-state index in [1.165, 1.54) is 5.69 Å². The van der Waals surface area contributed by atoms with E-state index < -0.39 is 0 Å². The number of phenolic OH excluding ortho intramolecular Hbond substituents is 1. The fourth-order valence-corrected chi connectivity index (χ4v) is 3.52. The second-order valence-corrected chi connectivity index (χ2v) is 6.93. The van der Waals surface area contributed by atoms with Gasteiger partial charge < -0.3 is 14.7 Å². The van der Waals surface area contributed by atoms with Gasteiger partial charge in [-0.15, -0.1) is 0 Å². The van der Waals surface area contributed by atoms with Crippen LogP contribution in [0, 0.1) is 0 Å². The molecule has 144 valence electrons. The zero-order chi connectivity index (χ0) is 19.1. The van der Waals surface area contributed by atoms with Crippen LogP contribution in [0.3, 0.4) is 0 Å². The Bertz CT molecular complexity index is 737. The first-order valence-corrected chi connectivity index (χ1v) is 9.60. The maximum atomic E-state index is 12.2. The lowest BCUT2D eigenvalue weighted by Gasteiger charge is -2.36. The van der Waals surface area contributed by atoms with Crippen molar-refractivity contribution in [3.63, 3.8) is 0 Å². The van der Waals surface area contributed by atoms with Gasteiger partial charge in [0.15, 0.2) is 5.78 Å². The Labute approximate surface area is 161 Å². The summed E-state index contributed by atoms with van der Waals surface area (Å²) < 4.78 is 5.47. The van der Waals surface area contributed by atoms with Crippen LogP contribution in [0.15, 0.2) is 48.5 Å². The van der Waals surface area contributed by atoms with E-state index in [1.54, 1.807) is 31.4 Å². The topological polar surface area (TPSA) is 53.0 Å². The van der Waals surface area contributed by atoms with Gasteiger partial charge in [0.25, 0.3) is 0 Å². The molecule has 5 nitrogen and oxygen atoms in total. The van der Waals surface area contributed by atoms with Gasteiger partial charge in [0.1, 0.15) is 11.5 Å². The molecule has 3 rings (SSSR count). The Kier molecular flexibility index (Phi) is 6.71. The zero-order valence-corrected chi connectivity index (χ0v) is 15.9. The molecule has 0 amide bonds. The molecular formula is C22H28N2O3. The maximum Gasteiger partial charge on any atom is 0.162 e. The van der Waals surface area contributed by atoms with Gasteiger partial charge in [0.2, 0.25) is 0 Å². The SMILES string of the molecule is COc1ccccc1N1CCN(CCCCC(=O)c2ccc(O)cc2)CC1. The number of unbranched alkanes of at least 4 members (excludes halogenated alkanes) is 1. The quantitative estimate of drug-likeness (QED) is 0.570. The molecule has 0 saturated carbocycles. The number of rotatable bonds is 8. The molecule has 0 bridgehead atoms. The number of ether oxygens (including phenoxy) is 1. The molecule has 0 spiro atoms. The first-order chi connectivity index (χ1) is 13.2. The molecule has 5 heteroatoms. The van der Waals surface area contributed by atoms with Crippen LogP contribution in [0.5, 0.6) is 11.5 Å². The summed E-state index contributed by atoms with van der Waals surface area (Å²) in [5.41, 5.74) is 1.84. The number of ketones is 1. The van der Waals surface area contributed by atoms with Crippen molar-refractivity contribution < 1.29 is 14.6 Å². The number of phenols is 1. The number of benzene rings is 2. The van der Waals surface area contributed by atoms with Crippen LogP contribution < -0.4 is 9.64 Å². The van der Waals surface area contributed by atoms with E-state index in [9.17, 15) is 9.90 Å². The summed E-state index contributed by atoms with van der Waals surface area (Å²) in [5.74, 6) is 1.27. The van der Waals surface area contributed by atoms with Crippen molar-refractivity contribution in [2.45, 2.75) is 19.3 Å². The third kappa shape index (κ3) is 5.23. The third-order valence-electron chi connectivity index (χ3n) is 5.12. The molecule has 2 aromatic rings. The minimum Gasteiger partial charge on any atom is -0.508 e. The van der Waals surface area contributed by atoms with E-state index in [0.29, 0.717) is 12.0 Å². The minimum atomic E-state index is 0.149. The predicted molar refractivity (Wildman–Crippen MR) is 108 cm³/mol. The van der Waals surface area contributed by atoms with Crippen molar-refractivity contribution in [3.05, 3.63) is 54.1 Å². The lowest BCUT2D eigenvalue weighted by molar-refractivity contribution is 0.0977. The highest BCUT2D eigenvalue weighted by Gasteiger charge is 2.19. The number of hydrogen-bond donors (Lipinski definition) is 1. The average Bonchev–Trinajstić information content (AvgIpc) is 2.72. The van der Waals surface area contributed by atoms with Crippen molar-refractivity contribution in [3.8, 4) is 11.5 Å². The monoisotopic (exact) mass is 368 g/mol. The van der Waals surface area contributed by atoms with E-state index in [0.717, 1.165) is 51.3 Å². The highest BCUT2D eigenvalue weighted by atomic mass is 16.5. The number of para-hydroxylation sites is 2. The molecule has 2 aromatic carbocycles. The minimum absolute atomic E-state index is 0.149. The van der Waals surface area contributed by atoms with Gasteiger partial charge in [0.05, 0.1) is 12.8 Å². The van der Waals surface area contributed by atoms with Gasteiger partial charge in [-0.1, -0.05) is 12.1 Å². The normalized spacial score (nSPS) is 14.9. The Morgan fingerprint density at radius 1 is 1.00 bits per heavy atom. The maximum absolute atomic E-state index is 12.2. The van der Waals surface area contributed by atoms with Crippen LogP contribution in [-0.2, 0) is 0 Å². The fraction of sp³-hybridized carbons (Fsp3) is 0.409. The van der Waals surface area contributed by atoms with E-state index in [-0.39, 0.29) is 11.5 Å². The first kappa shape index (κ1) is 19.2. The summed E-state index contributed by atoms with van der Waals surface area (Å²) in [7, 11) is 1.72. The number of Topliss-reactive ketones (excluding diaryl/α,β-unsaturated/α-hetero) is 1. The fourth-order valence-electron chi connectivity index (χ4n) is 3.52. The predicted octanol–water partition coefficient (Wildman–Crippen LogP) is 3.58. The molecule has 1 aliphatic rings. The number of anilines is 1. The van der Waals surface area contributed by atoms with Crippen LogP contribution in [0.1, 0.15) is 29.6 Å². The molecule has 0 aromatic heterocycles. The van der Waals surface area contributed by atoms with Gasteiger partial charge in [-0.25, -0.2) is 0 Å². The third-order valence-corrected chi connectivity index (χ3v) is 5.12. The molecule has 1 saturated heterocycles. The molecule has 0 unspecified atom stereocenters. The molecule has 1 fully saturated rings. The second kappa shape index (κ2) is 9.42. The van der Waals surface area contributed by atoms with Crippen LogP contribution in [0.4, 0.5) is 5.69 Å². The molecule has 0 atom stereocenters. The van der Waals surface area contributed by atoms with Crippen molar-refractivity contribution >= 4 is 11.5 Å². The lowest BCUT2D eigenvalue weighted by atomic mass is 10.1. The summed E-state index contributed by atoms with van der Waals surface area (Å²) in [6.07, 6.45) is 2.48. The number of carbonyl (C=O) groups is 1. The van der Waals surface area contributed by atoms with Gasteiger partial charge in [-0.05, 0) is 55.8 Å². The van der Waals surface area contributed by atoms with Crippen LogP contribution >= 0.6 is 0 Å². The van der Waals surface area contributed by atoms with E-state index in [4.69, 9.17) is 4.74 Å². The second-order valence-electron chi connectivity index (χ2n) is 6.93. The van der Waals surface area contributed by atoms with Crippen molar-refractivity contribution in [2.24, 2.45) is 0 Å². The summed E-state index contributed by atoms with van der Waals surface area (Å²) >= 11 is 0. The van der Waals surface area contributed by atoms with E-state index >= 15 is 0 Å². The molecule has 1 aliphatic heterocycles. The van der Waals surface area contributed by atoms with Gasteiger partial charge >= 0.3 is 0 Å². The molecule has 0 radical (unpaired) electrons. The first-order valence-electron chi connectivity index (χ1n) is 9.60. The van der Waals surface area contributed by atoms with Crippen LogP contribution in [-0.4, -0.2) is 55.6 Å². The zero-order valence-electron chi connectivity index (χ0n) is 15.9. The summed E-state index contributed by atoms with van der Waals surface area (Å²) in [6, 6.07) is 14.7. The van der Waals surface area contributed by atoms with Crippen LogP contribution in [0.25, 0.3) is 0 Å². The smallest absolute Gasteiger partial charge is 0.162 e. The number of methoxy groups -OCH3 is 1. The summed E-state index contributed by atoms with van der Waals surface area (Å²) in [4.78, 5) is 17.0. The van der Waals surface area contributed by atoms with E-state index in [2.05, 4.69) is 21.9 Å². The number of aromatic hydroxyl groups is 1. The van der Waals surface area contributed by atoms with E-state index in [1.807, 2.05) is 12.1 Å². The van der Waals surface area contributed by atoms with Crippen molar-refractivity contribution in [1.29, 1.82) is 0 Å². The average molecular weight is 368 g/mol.